The third kappa shape index (κ3) is 5.02. The van der Waals surface area contributed by atoms with Gasteiger partial charge in [-0.05, 0) is 38.1 Å². The highest BCUT2D eigenvalue weighted by Gasteiger charge is 2.12. The molecule has 3 N–H and O–H groups in total. The van der Waals surface area contributed by atoms with Crippen molar-refractivity contribution in [2.45, 2.75) is 32.1 Å². The number of ether oxygens (including phenoxy) is 1. The number of hydrogen-bond acceptors (Lipinski definition) is 4. The van der Waals surface area contributed by atoms with Crippen molar-refractivity contribution >= 4 is 5.91 Å². The lowest BCUT2D eigenvalue weighted by molar-refractivity contribution is 0.0948. The highest BCUT2D eigenvalue weighted by Crippen LogP contribution is 2.17. The first kappa shape index (κ1) is 15.8. The number of carbonyl (C=O) groups excluding carboxylic acids is 1. The Balaban J connectivity index is 1.83. The van der Waals surface area contributed by atoms with Gasteiger partial charge in [0.1, 0.15) is 12.4 Å². The summed E-state index contributed by atoms with van der Waals surface area (Å²) < 4.78 is 5.78. The van der Waals surface area contributed by atoms with Crippen LogP contribution in [0.2, 0.25) is 0 Å². The second-order valence-corrected chi connectivity index (χ2v) is 5.43. The van der Waals surface area contributed by atoms with E-state index < -0.39 is 0 Å². The number of para-hydroxylation sites is 1. The van der Waals surface area contributed by atoms with E-state index in [-0.39, 0.29) is 5.91 Å². The van der Waals surface area contributed by atoms with Gasteiger partial charge in [0.05, 0.1) is 5.56 Å². The van der Waals surface area contributed by atoms with E-state index in [2.05, 4.69) is 10.3 Å². The highest BCUT2D eigenvalue weighted by atomic mass is 16.5. The summed E-state index contributed by atoms with van der Waals surface area (Å²) in [5.74, 6) is 5.46. The second kappa shape index (κ2) is 8.64. The summed E-state index contributed by atoms with van der Waals surface area (Å²) in [5, 5.41) is 0. The summed E-state index contributed by atoms with van der Waals surface area (Å²) in [6, 6.07) is 7.18. The smallest absolute Gasteiger partial charge is 0.268 e. The minimum absolute atomic E-state index is 0.322. The first-order chi connectivity index (χ1) is 10.3. The Morgan fingerprint density at radius 1 is 1.14 bits per heavy atom. The molecule has 1 aliphatic rings. The number of nitrogens with zero attached hydrogens (tertiary/aromatic N) is 1. The van der Waals surface area contributed by atoms with E-state index in [4.69, 9.17) is 10.6 Å². The lowest BCUT2D eigenvalue weighted by atomic mass is 10.1. The zero-order valence-electron chi connectivity index (χ0n) is 12.5. The fraction of sp³-hybridized carbons (Fsp3) is 0.562. The number of hydrogen-bond donors (Lipinski definition) is 2. The predicted molar refractivity (Wildman–Crippen MR) is 83.1 cm³/mol. The van der Waals surface area contributed by atoms with Gasteiger partial charge in [-0.1, -0.05) is 31.4 Å². The number of nitrogen functional groups attached to an aromatic ring is 1. The molecule has 0 aromatic heterocycles. The normalized spacial score (nSPS) is 16.8. The quantitative estimate of drug-likeness (QED) is 0.494. The van der Waals surface area contributed by atoms with Gasteiger partial charge in [-0.3, -0.25) is 15.1 Å². The summed E-state index contributed by atoms with van der Waals surface area (Å²) in [7, 11) is 0. The van der Waals surface area contributed by atoms with E-state index in [0.29, 0.717) is 17.9 Å². The van der Waals surface area contributed by atoms with Crippen molar-refractivity contribution in [1.82, 2.24) is 10.3 Å². The lowest BCUT2D eigenvalue weighted by Crippen LogP contribution is -2.32. The molecule has 0 saturated carbocycles. The summed E-state index contributed by atoms with van der Waals surface area (Å²) in [5.41, 5.74) is 2.63. The fourth-order valence-corrected chi connectivity index (χ4v) is 2.68. The van der Waals surface area contributed by atoms with Crippen molar-refractivity contribution in [3.05, 3.63) is 29.8 Å². The molecular weight excluding hydrogens is 266 g/mol. The van der Waals surface area contributed by atoms with E-state index in [1.165, 1.54) is 32.1 Å². The number of rotatable bonds is 5. The molecule has 1 aliphatic heterocycles. The third-order valence-corrected chi connectivity index (χ3v) is 3.88. The maximum Gasteiger partial charge on any atom is 0.268 e. The van der Waals surface area contributed by atoms with Gasteiger partial charge in [-0.15, -0.1) is 0 Å². The maximum absolute atomic E-state index is 11.7. The topological polar surface area (TPSA) is 67.6 Å². The average Bonchev–Trinajstić information content (AvgIpc) is 2.49. The zero-order valence-corrected chi connectivity index (χ0v) is 12.5. The van der Waals surface area contributed by atoms with Crippen LogP contribution in [0.4, 0.5) is 0 Å². The van der Waals surface area contributed by atoms with Crippen LogP contribution in [0.25, 0.3) is 0 Å². The molecule has 1 aromatic rings. The average molecular weight is 291 g/mol. The van der Waals surface area contributed by atoms with Gasteiger partial charge in [-0.25, -0.2) is 5.84 Å². The van der Waals surface area contributed by atoms with Crippen LogP contribution in [-0.2, 0) is 0 Å². The Morgan fingerprint density at radius 2 is 1.81 bits per heavy atom. The summed E-state index contributed by atoms with van der Waals surface area (Å²) in [6.45, 7) is 3.79. The maximum atomic E-state index is 11.7. The molecule has 5 heteroatoms. The third-order valence-electron chi connectivity index (χ3n) is 3.88. The van der Waals surface area contributed by atoms with E-state index in [0.717, 1.165) is 19.6 Å². The van der Waals surface area contributed by atoms with E-state index in [9.17, 15) is 4.79 Å². The molecule has 0 atom stereocenters. The van der Waals surface area contributed by atoms with Gasteiger partial charge in [-0.2, -0.15) is 0 Å². The zero-order chi connectivity index (χ0) is 14.9. The molecule has 1 amide bonds. The van der Waals surface area contributed by atoms with Crippen molar-refractivity contribution < 1.29 is 9.53 Å². The number of hydrazine groups is 1. The number of benzene rings is 1. The Bertz CT molecular complexity index is 443. The summed E-state index contributed by atoms with van der Waals surface area (Å²) in [4.78, 5) is 14.1. The SMILES string of the molecule is NNC(=O)c1ccccc1OCCN1CCCCCCC1. The van der Waals surface area contributed by atoms with Crippen LogP contribution in [-0.4, -0.2) is 37.0 Å². The van der Waals surface area contributed by atoms with E-state index >= 15 is 0 Å². The molecule has 0 spiro atoms. The minimum Gasteiger partial charge on any atom is -0.491 e. The molecule has 1 heterocycles. The Kier molecular flexibility index (Phi) is 6.50. The van der Waals surface area contributed by atoms with Crippen molar-refractivity contribution in [3.8, 4) is 5.75 Å². The molecule has 2 rings (SSSR count). The second-order valence-electron chi connectivity index (χ2n) is 5.43. The number of nitrogens with one attached hydrogen (secondary N) is 1. The molecule has 0 bridgehead atoms. The summed E-state index contributed by atoms with van der Waals surface area (Å²) in [6.07, 6.45) is 6.57. The van der Waals surface area contributed by atoms with Crippen molar-refractivity contribution in [2.24, 2.45) is 5.84 Å². The Morgan fingerprint density at radius 3 is 2.52 bits per heavy atom. The molecule has 1 fully saturated rings. The Labute approximate surface area is 126 Å². The first-order valence-corrected chi connectivity index (χ1v) is 7.76. The molecule has 1 aromatic carbocycles. The van der Waals surface area contributed by atoms with Crippen LogP contribution < -0.4 is 16.0 Å². The number of amides is 1. The Hall–Kier alpha value is -1.59. The molecule has 21 heavy (non-hydrogen) atoms. The van der Waals surface area contributed by atoms with Crippen LogP contribution in [0.3, 0.4) is 0 Å². The molecule has 0 unspecified atom stereocenters. The van der Waals surface area contributed by atoms with Crippen molar-refractivity contribution in [3.63, 3.8) is 0 Å². The number of likely N-dealkylation sites (tertiary alicyclic amines) is 1. The lowest BCUT2D eigenvalue weighted by Gasteiger charge is -2.24. The van der Waals surface area contributed by atoms with Crippen molar-refractivity contribution in [2.75, 3.05) is 26.2 Å². The van der Waals surface area contributed by atoms with Crippen LogP contribution in [0.5, 0.6) is 5.75 Å². The standard InChI is InChI=1S/C16H25N3O2/c17-18-16(20)14-8-4-5-9-15(14)21-13-12-19-10-6-2-1-3-7-11-19/h4-5,8-9H,1-3,6-7,10-13,17H2,(H,18,20). The largest absolute Gasteiger partial charge is 0.491 e. The van der Waals surface area contributed by atoms with Crippen LogP contribution in [0, 0.1) is 0 Å². The molecule has 5 nitrogen and oxygen atoms in total. The molecule has 0 radical (unpaired) electrons. The highest BCUT2D eigenvalue weighted by molar-refractivity contribution is 5.96. The fourth-order valence-electron chi connectivity index (χ4n) is 2.68. The van der Waals surface area contributed by atoms with Gasteiger partial charge >= 0.3 is 0 Å². The van der Waals surface area contributed by atoms with Crippen LogP contribution in [0.15, 0.2) is 24.3 Å². The number of carbonyl (C=O) groups is 1. The van der Waals surface area contributed by atoms with Gasteiger partial charge in [0.2, 0.25) is 0 Å². The minimum atomic E-state index is -0.322. The predicted octanol–water partition coefficient (Wildman–Crippen LogP) is 1.93. The molecule has 116 valence electrons. The van der Waals surface area contributed by atoms with E-state index in [1.807, 2.05) is 6.07 Å². The first-order valence-electron chi connectivity index (χ1n) is 7.76. The molecule has 1 saturated heterocycles. The van der Waals surface area contributed by atoms with Gasteiger partial charge in [0.25, 0.3) is 5.91 Å². The van der Waals surface area contributed by atoms with Gasteiger partial charge < -0.3 is 4.74 Å². The summed E-state index contributed by atoms with van der Waals surface area (Å²) >= 11 is 0. The van der Waals surface area contributed by atoms with Crippen molar-refractivity contribution in [1.29, 1.82) is 0 Å². The molecule has 0 aliphatic carbocycles. The van der Waals surface area contributed by atoms with Crippen LogP contribution >= 0.6 is 0 Å². The number of nitrogens with two attached hydrogens (primary N) is 1. The molecular formula is C16H25N3O2. The van der Waals surface area contributed by atoms with Gasteiger partial charge in [0.15, 0.2) is 0 Å². The van der Waals surface area contributed by atoms with Crippen LogP contribution in [0.1, 0.15) is 42.5 Å². The van der Waals surface area contributed by atoms with Gasteiger partial charge in [0, 0.05) is 6.54 Å². The van der Waals surface area contributed by atoms with E-state index in [1.54, 1.807) is 18.2 Å². The monoisotopic (exact) mass is 291 g/mol.